The maximum atomic E-state index is 9.17. The minimum atomic E-state index is -2.43. The van der Waals surface area contributed by atoms with Crippen LogP contribution in [0.3, 0.4) is 0 Å². The van der Waals surface area contributed by atoms with E-state index in [1.807, 2.05) is 100 Å². The van der Waals surface area contributed by atoms with Crippen molar-refractivity contribution in [2.45, 2.75) is 78.4 Å². The summed E-state index contributed by atoms with van der Waals surface area (Å²) in [5.41, 5.74) is 7.59. The van der Waals surface area contributed by atoms with E-state index in [2.05, 4.69) is 4.57 Å². The molecule has 0 unspecified atom stereocenters. The molecule has 1 saturated carbocycles. The van der Waals surface area contributed by atoms with E-state index < -0.39 is 25.0 Å². The lowest BCUT2D eigenvalue weighted by Crippen LogP contribution is -2.08. The molecule has 1 fully saturated rings. The van der Waals surface area contributed by atoms with Gasteiger partial charge >= 0.3 is 0 Å². The molecule has 0 amide bonds. The second-order valence-corrected chi connectivity index (χ2v) is 13.3. The first kappa shape index (κ1) is 22.8. The summed E-state index contributed by atoms with van der Waals surface area (Å²) in [6.07, 6.45) is 2.38. The zero-order valence-electron chi connectivity index (χ0n) is 34.4. The van der Waals surface area contributed by atoms with Gasteiger partial charge in [0, 0.05) is 20.4 Å². The molecular weight excluding hydrogens is 572 g/mol. The third-order valence-electron chi connectivity index (χ3n) is 9.70. The number of imidazole rings is 1. The van der Waals surface area contributed by atoms with Crippen molar-refractivity contribution in [3.8, 4) is 28.2 Å². The average molecular weight is 624 g/mol. The highest BCUT2D eigenvalue weighted by Gasteiger charge is 2.24. The van der Waals surface area contributed by atoms with Gasteiger partial charge < -0.3 is 4.42 Å². The zero-order chi connectivity index (χ0) is 38.4. The van der Waals surface area contributed by atoms with E-state index in [4.69, 9.17) is 19.0 Å². The van der Waals surface area contributed by atoms with Crippen LogP contribution in [0.25, 0.3) is 61.2 Å². The number of furan rings is 1. The van der Waals surface area contributed by atoms with Crippen molar-refractivity contribution in [1.29, 1.82) is 0 Å². The van der Waals surface area contributed by atoms with Crippen molar-refractivity contribution in [2.75, 3.05) is 0 Å². The molecule has 0 saturated heterocycles. The molecule has 3 nitrogen and oxygen atoms in total. The predicted molar refractivity (Wildman–Crippen MR) is 198 cm³/mol. The van der Waals surface area contributed by atoms with Gasteiger partial charge in [0.25, 0.3) is 0 Å². The first-order chi connectivity index (χ1) is 25.4. The highest BCUT2D eigenvalue weighted by molar-refractivity contribution is 6.10. The van der Waals surface area contributed by atoms with Crippen molar-refractivity contribution >= 4 is 33.0 Å². The summed E-state index contributed by atoms with van der Waals surface area (Å²) in [5.74, 6) is -1.42. The molecular formula is C44H44N2O. The van der Waals surface area contributed by atoms with Gasteiger partial charge in [0.2, 0.25) is 0 Å². The van der Waals surface area contributed by atoms with Gasteiger partial charge in [-0.2, -0.15) is 0 Å². The number of aryl methyl sites for hydroxylation is 1. The van der Waals surface area contributed by atoms with Crippen LogP contribution in [0.15, 0.2) is 101 Å². The fourth-order valence-corrected chi connectivity index (χ4v) is 7.33. The molecule has 236 valence electrons. The van der Waals surface area contributed by atoms with Gasteiger partial charge in [-0.25, -0.2) is 4.98 Å². The largest absolute Gasteiger partial charge is 0.455 e. The molecule has 0 N–H and O–H groups in total. The zero-order valence-corrected chi connectivity index (χ0v) is 27.4. The van der Waals surface area contributed by atoms with Crippen molar-refractivity contribution in [3.63, 3.8) is 0 Å². The summed E-state index contributed by atoms with van der Waals surface area (Å²) >= 11 is 0. The van der Waals surface area contributed by atoms with E-state index in [1.165, 1.54) is 0 Å². The van der Waals surface area contributed by atoms with Gasteiger partial charge in [-0.15, -0.1) is 0 Å². The fourth-order valence-electron chi connectivity index (χ4n) is 7.33. The first-order valence-corrected chi connectivity index (χ1v) is 16.7. The van der Waals surface area contributed by atoms with Gasteiger partial charge in [0.05, 0.1) is 22.3 Å². The molecule has 0 atom stereocenters. The Morgan fingerprint density at radius 1 is 0.830 bits per heavy atom. The highest BCUT2D eigenvalue weighted by atomic mass is 16.3. The van der Waals surface area contributed by atoms with Crippen LogP contribution >= 0.6 is 0 Å². The Bertz CT molecular complexity index is 2510. The molecule has 0 aliphatic heterocycles. The Morgan fingerprint density at radius 3 is 2.28 bits per heavy atom. The van der Waals surface area contributed by atoms with Crippen molar-refractivity contribution in [3.05, 3.63) is 119 Å². The van der Waals surface area contributed by atoms with Gasteiger partial charge in [-0.1, -0.05) is 120 Å². The lowest BCUT2D eigenvalue weighted by molar-refractivity contribution is 0.546. The number of aromatic nitrogens is 2. The Labute approximate surface area is 288 Å². The van der Waals surface area contributed by atoms with E-state index in [-0.39, 0.29) is 11.5 Å². The summed E-state index contributed by atoms with van der Waals surface area (Å²) in [6, 6.07) is 30.2. The monoisotopic (exact) mass is 623 g/mol. The average Bonchev–Trinajstić information content (AvgIpc) is 3.87. The van der Waals surface area contributed by atoms with Gasteiger partial charge in [0.15, 0.2) is 0 Å². The molecule has 47 heavy (non-hydrogen) atoms. The van der Waals surface area contributed by atoms with E-state index in [9.17, 15) is 0 Å². The molecule has 2 heterocycles. The normalized spacial score (nSPS) is 17.3. The number of hydrogen-bond donors (Lipinski definition) is 0. The molecule has 0 bridgehead atoms. The van der Waals surface area contributed by atoms with E-state index >= 15 is 0 Å². The summed E-state index contributed by atoms with van der Waals surface area (Å²) < 4.78 is 70.5. The van der Waals surface area contributed by atoms with Crippen molar-refractivity contribution < 1.29 is 14.0 Å². The Morgan fingerprint density at radius 2 is 1.55 bits per heavy atom. The lowest BCUT2D eigenvalue weighted by Gasteiger charge is -2.22. The van der Waals surface area contributed by atoms with Crippen LogP contribution in [0.1, 0.15) is 97.0 Å². The second-order valence-electron chi connectivity index (χ2n) is 13.3. The maximum absolute atomic E-state index is 9.17. The molecule has 7 aromatic rings. The molecule has 0 radical (unpaired) electrons. The standard InChI is InChI=1S/C44H44N2O/c1-27(2)33-14-10-15-34(28(3)4)42(33)46-40-19-9-8-18-39(40)45-44(46)36-17-11-16-35-38-24-29(5)37(26-41(38)47-43(35)36)32-22-20-31(21-23-32)25-30-12-6-7-13-30/h8-11,14-24,26-28,30H,6-7,12-13,25H2,1-5H3/i5D3,25D2,27D,28D. The minimum absolute atomic E-state index is 0.0208. The summed E-state index contributed by atoms with van der Waals surface area (Å²) in [4.78, 5) is 5.16. The molecule has 8 rings (SSSR count). The molecule has 0 spiro atoms. The van der Waals surface area contributed by atoms with Crippen molar-refractivity contribution in [1.82, 2.24) is 9.55 Å². The van der Waals surface area contributed by atoms with Crippen LogP contribution < -0.4 is 0 Å². The molecule has 2 aromatic heterocycles. The number of nitrogens with zero attached hydrogens (tertiary/aromatic N) is 2. The van der Waals surface area contributed by atoms with E-state index in [1.54, 1.807) is 24.3 Å². The molecule has 3 heteroatoms. The Kier molecular flexibility index (Phi) is 5.76. The number of benzene rings is 5. The van der Waals surface area contributed by atoms with Crippen LogP contribution in [0.5, 0.6) is 0 Å². The highest BCUT2D eigenvalue weighted by Crippen LogP contribution is 2.42. The Hall–Kier alpha value is -4.63. The van der Waals surface area contributed by atoms with Gasteiger partial charge in [-0.05, 0) is 94.6 Å². The lowest BCUT2D eigenvalue weighted by atomic mass is 9.92. The first-order valence-electron chi connectivity index (χ1n) is 20.2. The number of para-hydroxylation sites is 4. The van der Waals surface area contributed by atoms with Crippen LogP contribution in [-0.4, -0.2) is 9.55 Å². The van der Waals surface area contributed by atoms with Crippen LogP contribution in [-0.2, 0) is 6.37 Å². The number of rotatable bonds is 7. The third kappa shape index (κ3) is 5.17. The smallest absolute Gasteiger partial charge is 0.149 e. The topological polar surface area (TPSA) is 31.0 Å². The third-order valence-corrected chi connectivity index (χ3v) is 9.70. The van der Waals surface area contributed by atoms with Crippen LogP contribution in [0.2, 0.25) is 0 Å². The van der Waals surface area contributed by atoms with Gasteiger partial charge in [0.1, 0.15) is 17.0 Å². The summed E-state index contributed by atoms with van der Waals surface area (Å²) in [6.45, 7) is 4.98. The summed E-state index contributed by atoms with van der Waals surface area (Å²) in [7, 11) is 0. The quantitative estimate of drug-likeness (QED) is 0.177. The number of hydrogen-bond acceptors (Lipinski definition) is 2. The fraction of sp³-hybridized carbons (Fsp3) is 0.295. The van der Waals surface area contributed by atoms with Crippen molar-refractivity contribution in [2.24, 2.45) is 5.92 Å². The molecule has 5 aromatic carbocycles. The van der Waals surface area contributed by atoms with Crippen LogP contribution in [0.4, 0.5) is 0 Å². The molecule has 1 aliphatic rings. The minimum Gasteiger partial charge on any atom is -0.455 e. The maximum Gasteiger partial charge on any atom is 0.149 e. The second kappa shape index (κ2) is 11.9. The van der Waals surface area contributed by atoms with E-state index in [0.717, 1.165) is 58.9 Å². The Balaban J connectivity index is 1.35. The SMILES string of the molecule is [2H]C([2H])([2H])c1cc2c(cc1-c1ccc(C([2H])([2H])C3CCCC3)cc1)oc1c(-c3nc4ccccc4n3-c3c(C([2H])(C)C)cccc3C([2H])(C)C)cccc12. The number of fused-ring (bicyclic) bond motifs is 4. The van der Waals surface area contributed by atoms with Gasteiger partial charge in [-0.3, -0.25) is 4.57 Å². The van der Waals surface area contributed by atoms with E-state index in [0.29, 0.717) is 44.6 Å². The molecule has 1 aliphatic carbocycles. The summed E-state index contributed by atoms with van der Waals surface area (Å²) in [5, 5.41) is 1.41. The predicted octanol–water partition coefficient (Wildman–Crippen LogP) is 12.5. The van der Waals surface area contributed by atoms with Crippen LogP contribution in [0, 0.1) is 12.8 Å².